The van der Waals surface area contributed by atoms with Gasteiger partial charge in [-0.15, -0.1) is 0 Å². The molecule has 3 aromatic rings. The van der Waals surface area contributed by atoms with E-state index in [1.54, 1.807) is 6.21 Å². The SMILES string of the molecule is CCOc1cc(C=Nc2ccc(CC)cc2)cc(Cl)c1OCc1cccc(Cl)c1. The van der Waals surface area contributed by atoms with Crippen LogP contribution in [-0.2, 0) is 13.0 Å². The third kappa shape index (κ3) is 5.99. The molecule has 0 spiro atoms. The highest BCUT2D eigenvalue weighted by Crippen LogP contribution is 2.37. The van der Waals surface area contributed by atoms with Gasteiger partial charge in [0.05, 0.1) is 17.3 Å². The first kappa shape index (κ1) is 21.2. The van der Waals surface area contributed by atoms with Crippen molar-refractivity contribution < 1.29 is 9.47 Å². The van der Waals surface area contributed by atoms with Crippen LogP contribution >= 0.6 is 23.2 Å². The standard InChI is InChI=1S/C24H23Cl2NO2/c1-3-17-8-10-21(11-9-17)27-15-19-13-22(26)24(23(14-19)28-4-2)29-16-18-6-5-7-20(25)12-18/h5-15H,3-4,16H2,1-2H3. The molecular weight excluding hydrogens is 405 g/mol. The van der Waals surface area contributed by atoms with E-state index in [1.165, 1.54) is 5.56 Å². The Hall–Kier alpha value is -2.49. The molecule has 0 aliphatic heterocycles. The van der Waals surface area contributed by atoms with Gasteiger partial charge in [0.25, 0.3) is 0 Å². The van der Waals surface area contributed by atoms with Crippen LogP contribution in [0.15, 0.2) is 65.7 Å². The Morgan fingerprint density at radius 3 is 2.38 bits per heavy atom. The molecule has 0 saturated carbocycles. The van der Waals surface area contributed by atoms with Gasteiger partial charge in [0.1, 0.15) is 6.61 Å². The number of nitrogens with zero attached hydrogens (tertiary/aromatic N) is 1. The predicted octanol–water partition coefficient (Wildman–Crippen LogP) is 7.28. The monoisotopic (exact) mass is 427 g/mol. The topological polar surface area (TPSA) is 30.8 Å². The zero-order valence-electron chi connectivity index (χ0n) is 16.5. The molecule has 3 aromatic carbocycles. The Bertz CT molecular complexity index is 985. The van der Waals surface area contributed by atoms with Crippen LogP contribution in [0.5, 0.6) is 11.5 Å². The van der Waals surface area contributed by atoms with Gasteiger partial charge in [-0.05, 0) is 66.4 Å². The van der Waals surface area contributed by atoms with Gasteiger partial charge in [-0.3, -0.25) is 4.99 Å². The molecule has 0 amide bonds. The maximum Gasteiger partial charge on any atom is 0.180 e. The van der Waals surface area contributed by atoms with Gasteiger partial charge in [0.15, 0.2) is 11.5 Å². The fourth-order valence-electron chi connectivity index (χ4n) is 2.81. The first-order chi connectivity index (χ1) is 14.1. The van der Waals surface area contributed by atoms with Crippen LogP contribution in [0.25, 0.3) is 0 Å². The summed E-state index contributed by atoms with van der Waals surface area (Å²) in [4.78, 5) is 4.53. The summed E-state index contributed by atoms with van der Waals surface area (Å²) in [5, 5.41) is 1.14. The lowest BCUT2D eigenvalue weighted by molar-refractivity contribution is 0.269. The van der Waals surface area contributed by atoms with Crippen LogP contribution in [0.3, 0.4) is 0 Å². The quantitative estimate of drug-likeness (QED) is 0.353. The van der Waals surface area contributed by atoms with Crippen molar-refractivity contribution in [2.24, 2.45) is 4.99 Å². The number of rotatable bonds is 8. The highest BCUT2D eigenvalue weighted by molar-refractivity contribution is 6.32. The van der Waals surface area contributed by atoms with E-state index in [2.05, 4.69) is 24.0 Å². The molecule has 0 aliphatic carbocycles. The third-order valence-corrected chi connectivity index (χ3v) is 4.83. The van der Waals surface area contributed by atoms with Crippen molar-refractivity contribution in [2.45, 2.75) is 26.9 Å². The summed E-state index contributed by atoms with van der Waals surface area (Å²) in [6, 6.07) is 19.4. The number of aliphatic imine (C=N–C) groups is 1. The Kier molecular flexibility index (Phi) is 7.56. The second-order valence-corrected chi connectivity index (χ2v) is 7.30. The molecule has 0 saturated heterocycles. The number of hydrogen-bond acceptors (Lipinski definition) is 3. The Balaban J connectivity index is 1.80. The lowest BCUT2D eigenvalue weighted by Crippen LogP contribution is -2.01. The zero-order chi connectivity index (χ0) is 20.6. The van der Waals surface area contributed by atoms with Crippen LogP contribution < -0.4 is 9.47 Å². The second-order valence-electron chi connectivity index (χ2n) is 6.46. The normalized spacial score (nSPS) is 11.0. The molecule has 3 nitrogen and oxygen atoms in total. The van der Waals surface area contributed by atoms with E-state index in [9.17, 15) is 0 Å². The number of aryl methyl sites for hydroxylation is 1. The van der Waals surface area contributed by atoms with E-state index in [1.807, 2.05) is 55.5 Å². The Labute approximate surface area is 181 Å². The van der Waals surface area contributed by atoms with Gasteiger partial charge in [0.2, 0.25) is 0 Å². The molecule has 3 rings (SSSR count). The molecule has 0 atom stereocenters. The first-order valence-electron chi connectivity index (χ1n) is 9.55. The largest absolute Gasteiger partial charge is 0.490 e. The highest BCUT2D eigenvalue weighted by atomic mass is 35.5. The van der Waals surface area contributed by atoms with E-state index >= 15 is 0 Å². The molecule has 150 valence electrons. The fourth-order valence-corrected chi connectivity index (χ4v) is 3.30. The lowest BCUT2D eigenvalue weighted by atomic mass is 10.1. The Morgan fingerprint density at radius 2 is 1.69 bits per heavy atom. The maximum atomic E-state index is 6.50. The van der Waals surface area contributed by atoms with Crippen LogP contribution in [-0.4, -0.2) is 12.8 Å². The van der Waals surface area contributed by atoms with Crippen LogP contribution in [0.1, 0.15) is 30.5 Å². The van der Waals surface area contributed by atoms with E-state index in [0.717, 1.165) is 23.2 Å². The molecule has 0 N–H and O–H groups in total. The molecule has 0 aliphatic rings. The lowest BCUT2D eigenvalue weighted by Gasteiger charge is -2.14. The van der Waals surface area contributed by atoms with Gasteiger partial charge in [-0.1, -0.05) is 54.4 Å². The number of ether oxygens (including phenoxy) is 2. The van der Waals surface area contributed by atoms with Crippen molar-refractivity contribution in [3.63, 3.8) is 0 Å². The molecule has 0 fully saturated rings. The van der Waals surface area contributed by atoms with E-state index in [0.29, 0.717) is 34.8 Å². The maximum absolute atomic E-state index is 6.50. The second kappa shape index (κ2) is 10.3. The molecule has 0 unspecified atom stereocenters. The van der Waals surface area contributed by atoms with Gasteiger partial charge in [-0.25, -0.2) is 0 Å². The number of benzene rings is 3. The average molecular weight is 428 g/mol. The van der Waals surface area contributed by atoms with E-state index in [-0.39, 0.29) is 0 Å². The van der Waals surface area contributed by atoms with Gasteiger partial charge < -0.3 is 9.47 Å². The van der Waals surface area contributed by atoms with Crippen LogP contribution in [0.4, 0.5) is 5.69 Å². The first-order valence-corrected chi connectivity index (χ1v) is 10.3. The summed E-state index contributed by atoms with van der Waals surface area (Å²) in [6.45, 7) is 4.90. The molecule has 5 heteroatoms. The number of hydrogen-bond donors (Lipinski definition) is 0. The average Bonchev–Trinajstić information content (AvgIpc) is 2.72. The van der Waals surface area contributed by atoms with Crippen molar-refractivity contribution in [3.05, 3.63) is 87.4 Å². The summed E-state index contributed by atoms with van der Waals surface area (Å²) < 4.78 is 11.7. The van der Waals surface area contributed by atoms with Gasteiger partial charge in [-0.2, -0.15) is 0 Å². The summed E-state index contributed by atoms with van der Waals surface area (Å²) >= 11 is 12.5. The van der Waals surface area contributed by atoms with Gasteiger partial charge >= 0.3 is 0 Å². The fraction of sp³-hybridized carbons (Fsp3) is 0.208. The molecule has 0 heterocycles. The molecule has 0 radical (unpaired) electrons. The predicted molar refractivity (Wildman–Crippen MR) is 121 cm³/mol. The zero-order valence-corrected chi connectivity index (χ0v) is 18.0. The van der Waals surface area contributed by atoms with Crippen molar-refractivity contribution in [1.82, 2.24) is 0 Å². The van der Waals surface area contributed by atoms with Crippen LogP contribution in [0.2, 0.25) is 10.0 Å². The Morgan fingerprint density at radius 1 is 0.897 bits per heavy atom. The van der Waals surface area contributed by atoms with E-state index in [4.69, 9.17) is 32.7 Å². The van der Waals surface area contributed by atoms with E-state index < -0.39 is 0 Å². The number of halogens is 2. The minimum absolute atomic E-state index is 0.345. The molecular formula is C24H23Cl2NO2. The van der Waals surface area contributed by atoms with Crippen LogP contribution in [0, 0.1) is 0 Å². The summed E-state index contributed by atoms with van der Waals surface area (Å²) in [5.41, 5.74) is 3.97. The summed E-state index contributed by atoms with van der Waals surface area (Å²) in [5.74, 6) is 1.10. The summed E-state index contributed by atoms with van der Waals surface area (Å²) in [7, 11) is 0. The molecule has 29 heavy (non-hydrogen) atoms. The minimum Gasteiger partial charge on any atom is -0.490 e. The highest BCUT2D eigenvalue weighted by Gasteiger charge is 2.12. The van der Waals surface area contributed by atoms with Gasteiger partial charge in [0, 0.05) is 11.2 Å². The van der Waals surface area contributed by atoms with Crippen molar-refractivity contribution in [1.29, 1.82) is 0 Å². The molecule has 0 aromatic heterocycles. The minimum atomic E-state index is 0.345. The third-order valence-electron chi connectivity index (χ3n) is 4.31. The van der Waals surface area contributed by atoms with Crippen molar-refractivity contribution in [3.8, 4) is 11.5 Å². The van der Waals surface area contributed by atoms with Crippen molar-refractivity contribution >= 4 is 35.1 Å². The molecule has 0 bridgehead atoms. The smallest absolute Gasteiger partial charge is 0.180 e. The van der Waals surface area contributed by atoms with Crippen molar-refractivity contribution in [2.75, 3.05) is 6.61 Å². The summed E-state index contributed by atoms with van der Waals surface area (Å²) in [6.07, 6.45) is 2.78.